The molecule has 3 aromatic carbocycles. The van der Waals surface area contributed by atoms with E-state index < -0.39 is 0 Å². The number of amides is 1. The molecule has 0 unspecified atom stereocenters. The van der Waals surface area contributed by atoms with Crippen LogP contribution in [-0.4, -0.2) is 19.6 Å². The molecular weight excluding hydrogens is 336 g/mol. The van der Waals surface area contributed by atoms with Crippen molar-refractivity contribution in [1.29, 1.82) is 0 Å². The molecule has 0 aliphatic carbocycles. The van der Waals surface area contributed by atoms with E-state index in [-0.39, 0.29) is 5.91 Å². The lowest BCUT2D eigenvalue weighted by atomic mass is 10.1. The minimum absolute atomic E-state index is 0.103. The number of rotatable bonds is 7. The van der Waals surface area contributed by atoms with E-state index in [1.165, 1.54) is 5.56 Å². The van der Waals surface area contributed by atoms with Gasteiger partial charge in [-0.3, -0.25) is 4.79 Å². The van der Waals surface area contributed by atoms with E-state index >= 15 is 0 Å². The van der Waals surface area contributed by atoms with Gasteiger partial charge in [-0.1, -0.05) is 29.8 Å². The van der Waals surface area contributed by atoms with Crippen molar-refractivity contribution < 1.29 is 9.53 Å². The van der Waals surface area contributed by atoms with Crippen LogP contribution >= 0.6 is 0 Å². The first kappa shape index (κ1) is 18.5. The van der Waals surface area contributed by atoms with Crippen LogP contribution in [0.1, 0.15) is 21.5 Å². The molecule has 4 heteroatoms. The minimum atomic E-state index is -0.103. The summed E-state index contributed by atoms with van der Waals surface area (Å²) in [6, 6.07) is 23.4. The van der Waals surface area contributed by atoms with Crippen molar-refractivity contribution in [2.75, 3.05) is 24.3 Å². The molecule has 0 aliphatic heterocycles. The van der Waals surface area contributed by atoms with Crippen molar-refractivity contribution in [3.05, 3.63) is 89.5 Å². The van der Waals surface area contributed by atoms with E-state index in [0.717, 1.165) is 35.7 Å². The van der Waals surface area contributed by atoms with Crippen molar-refractivity contribution in [3.63, 3.8) is 0 Å². The number of carbonyl (C=O) groups excluding carboxylic acids is 1. The van der Waals surface area contributed by atoms with Crippen LogP contribution in [0.4, 0.5) is 11.4 Å². The normalized spacial score (nSPS) is 10.3. The highest BCUT2D eigenvalue weighted by atomic mass is 16.5. The third-order valence-electron chi connectivity index (χ3n) is 4.33. The topological polar surface area (TPSA) is 50.4 Å². The summed E-state index contributed by atoms with van der Waals surface area (Å²) in [5.74, 6) is 0.773. The molecule has 2 N–H and O–H groups in total. The van der Waals surface area contributed by atoms with Crippen molar-refractivity contribution in [3.8, 4) is 5.75 Å². The molecule has 0 aromatic heterocycles. The summed E-state index contributed by atoms with van der Waals surface area (Å²) < 4.78 is 5.25. The SMILES string of the molecule is COc1cccc(CCNc2ccc(NC(=O)c3ccc(C)cc3)cc2)c1. The Balaban J connectivity index is 1.51. The first-order chi connectivity index (χ1) is 13.1. The number of methoxy groups -OCH3 is 1. The predicted molar refractivity (Wildman–Crippen MR) is 111 cm³/mol. The summed E-state index contributed by atoms with van der Waals surface area (Å²) in [4.78, 5) is 12.3. The largest absolute Gasteiger partial charge is 0.497 e. The maximum Gasteiger partial charge on any atom is 0.255 e. The summed E-state index contributed by atoms with van der Waals surface area (Å²) in [5.41, 5.74) is 4.81. The van der Waals surface area contributed by atoms with Crippen LogP contribution < -0.4 is 15.4 Å². The number of anilines is 2. The molecule has 4 nitrogen and oxygen atoms in total. The second kappa shape index (κ2) is 8.90. The maximum absolute atomic E-state index is 12.3. The van der Waals surface area contributed by atoms with Crippen molar-refractivity contribution in [2.45, 2.75) is 13.3 Å². The number of hydrogen-bond donors (Lipinski definition) is 2. The first-order valence-corrected chi connectivity index (χ1v) is 8.99. The molecular formula is C23H24N2O2. The Morgan fingerprint density at radius 3 is 2.33 bits per heavy atom. The molecule has 3 aromatic rings. The number of benzene rings is 3. The monoisotopic (exact) mass is 360 g/mol. The number of nitrogens with one attached hydrogen (secondary N) is 2. The second-order valence-corrected chi connectivity index (χ2v) is 6.43. The molecule has 0 heterocycles. The van der Waals surface area contributed by atoms with Crippen LogP contribution in [0, 0.1) is 6.92 Å². The standard InChI is InChI=1S/C23H24N2O2/c1-17-6-8-19(9-7-17)23(26)25-21-12-10-20(11-13-21)24-15-14-18-4-3-5-22(16-18)27-2/h3-13,16,24H,14-15H2,1-2H3,(H,25,26). The van der Waals surface area contributed by atoms with E-state index in [1.54, 1.807) is 7.11 Å². The molecule has 0 atom stereocenters. The van der Waals surface area contributed by atoms with Crippen LogP contribution in [0.15, 0.2) is 72.8 Å². The zero-order valence-electron chi connectivity index (χ0n) is 15.7. The summed E-state index contributed by atoms with van der Waals surface area (Å²) in [7, 11) is 1.68. The minimum Gasteiger partial charge on any atom is -0.497 e. The highest BCUT2D eigenvalue weighted by Gasteiger charge is 2.05. The van der Waals surface area contributed by atoms with Crippen molar-refractivity contribution in [2.24, 2.45) is 0 Å². The van der Waals surface area contributed by atoms with Gasteiger partial charge in [0.05, 0.1) is 7.11 Å². The van der Waals surface area contributed by atoms with Gasteiger partial charge in [-0.15, -0.1) is 0 Å². The lowest BCUT2D eigenvalue weighted by Crippen LogP contribution is -2.11. The van der Waals surface area contributed by atoms with Gasteiger partial charge in [-0.2, -0.15) is 0 Å². The smallest absolute Gasteiger partial charge is 0.255 e. The molecule has 0 bridgehead atoms. The Morgan fingerprint density at radius 2 is 1.63 bits per heavy atom. The fourth-order valence-corrected chi connectivity index (χ4v) is 2.76. The Labute approximate surface area is 160 Å². The van der Waals surface area contributed by atoms with E-state index in [4.69, 9.17) is 4.74 Å². The molecule has 27 heavy (non-hydrogen) atoms. The summed E-state index contributed by atoms with van der Waals surface area (Å²) in [6.45, 7) is 2.82. The first-order valence-electron chi connectivity index (χ1n) is 8.99. The van der Waals surface area contributed by atoms with Gasteiger partial charge >= 0.3 is 0 Å². The van der Waals surface area contributed by atoms with Crippen LogP contribution in [-0.2, 0) is 6.42 Å². The predicted octanol–water partition coefficient (Wildman–Crippen LogP) is 4.91. The molecule has 138 valence electrons. The molecule has 0 saturated heterocycles. The Kier molecular flexibility index (Phi) is 6.10. The van der Waals surface area contributed by atoms with E-state index in [9.17, 15) is 4.79 Å². The highest BCUT2D eigenvalue weighted by Crippen LogP contribution is 2.16. The van der Waals surface area contributed by atoms with Gasteiger partial charge in [0.25, 0.3) is 5.91 Å². The molecule has 0 fully saturated rings. The Bertz CT molecular complexity index is 887. The molecule has 0 spiro atoms. The number of ether oxygens (including phenoxy) is 1. The molecule has 0 saturated carbocycles. The number of hydrogen-bond acceptors (Lipinski definition) is 3. The maximum atomic E-state index is 12.3. The molecule has 0 aliphatic rings. The van der Waals surface area contributed by atoms with Gasteiger partial charge in [0, 0.05) is 23.5 Å². The number of aryl methyl sites for hydroxylation is 1. The van der Waals surface area contributed by atoms with Gasteiger partial charge in [-0.05, 0) is 67.4 Å². The van der Waals surface area contributed by atoms with Gasteiger partial charge in [0.15, 0.2) is 0 Å². The van der Waals surface area contributed by atoms with E-state index in [0.29, 0.717) is 5.56 Å². The molecule has 1 amide bonds. The van der Waals surface area contributed by atoms with E-state index in [2.05, 4.69) is 16.7 Å². The van der Waals surface area contributed by atoms with E-state index in [1.807, 2.05) is 73.7 Å². The van der Waals surface area contributed by atoms with Gasteiger partial charge in [-0.25, -0.2) is 0 Å². The van der Waals surface area contributed by atoms with Crippen LogP contribution in [0.3, 0.4) is 0 Å². The zero-order chi connectivity index (χ0) is 19.1. The molecule has 3 rings (SSSR count). The Morgan fingerprint density at radius 1 is 0.926 bits per heavy atom. The fourth-order valence-electron chi connectivity index (χ4n) is 2.76. The lowest BCUT2D eigenvalue weighted by molar-refractivity contribution is 0.102. The van der Waals surface area contributed by atoms with Crippen LogP contribution in [0.5, 0.6) is 5.75 Å². The van der Waals surface area contributed by atoms with Crippen molar-refractivity contribution >= 4 is 17.3 Å². The average molecular weight is 360 g/mol. The average Bonchev–Trinajstić information content (AvgIpc) is 2.70. The Hall–Kier alpha value is -3.27. The summed E-state index contributed by atoms with van der Waals surface area (Å²) in [6.07, 6.45) is 0.906. The van der Waals surface area contributed by atoms with Gasteiger partial charge in [0.2, 0.25) is 0 Å². The van der Waals surface area contributed by atoms with Gasteiger partial charge < -0.3 is 15.4 Å². The van der Waals surface area contributed by atoms with Crippen molar-refractivity contribution in [1.82, 2.24) is 0 Å². The lowest BCUT2D eigenvalue weighted by Gasteiger charge is -2.09. The number of carbonyl (C=O) groups is 1. The second-order valence-electron chi connectivity index (χ2n) is 6.43. The third-order valence-corrected chi connectivity index (χ3v) is 4.33. The summed E-state index contributed by atoms with van der Waals surface area (Å²) >= 11 is 0. The zero-order valence-corrected chi connectivity index (χ0v) is 15.7. The fraction of sp³-hybridized carbons (Fsp3) is 0.174. The third kappa shape index (κ3) is 5.35. The van der Waals surface area contributed by atoms with Crippen LogP contribution in [0.25, 0.3) is 0 Å². The summed E-state index contributed by atoms with van der Waals surface area (Å²) in [5, 5.41) is 6.31. The molecule has 0 radical (unpaired) electrons. The van der Waals surface area contributed by atoms with Crippen LogP contribution in [0.2, 0.25) is 0 Å². The highest BCUT2D eigenvalue weighted by molar-refractivity contribution is 6.04. The quantitative estimate of drug-likeness (QED) is 0.629. The van der Waals surface area contributed by atoms with Gasteiger partial charge in [0.1, 0.15) is 5.75 Å².